The van der Waals surface area contributed by atoms with Crippen LogP contribution in [0.4, 0.5) is 0 Å². The summed E-state index contributed by atoms with van der Waals surface area (Å²) in [5.74, 6) is 1.02. The third kappa shape index (κ3) is 2.71. The zero-order chi connectivity index (χ0) is 14.3. The quantitative estimate of drug-likeness (QED) is 0.800. The van der Waals surface area contributed by atoms with E-state index in [4.69, 9.17) is 4.52 Å². The van der Waals surface area contributed by atoms with Crippen molar-refractivity contribution in [2.75, 3.05) is 32.4 Å². The average Bonchev–Trinajstić information content (AvgIpc) is 3.15. The molecule has 2 fully saturated rings. The minimum absolute atomic E-state index is 0.186. The second-order valence-corrected chi connectivity index (χ2v) is 7.33. The van der Waals surface area contributed by atoms with Crippen LogP contribution in [0.5, 0.6) is 0 Å². The maximum atomic E-state index is 12.2. The largest absolute Gasteiger partial charge is 0.360 e. The molecule has 1 aliphatic heterocycles. The number of hydrogen-bond donors (Lipinski definition) is 0. The van der Waals surface area contributed by atoms with E-state index in [0.29, 0.717) is 37.8 Å². The van der Waals surface area contributed by atoms with Crippen molar-refractivity contribution >= 4 is 15.9 Å². The van der Waals surface area contributed by atoms with Crippen molar-refractivity contribution in [1.29, 1.82) is 0 Å². The number of aromatic nitrogens is 1. The van der Waals surface area contributed by atoms with Crippen molar-refractivity contribution < 1.29 is 17.7 Å². The minimum Gasteiger partial charge on any atom is -0.360 e. The molecule has 0 bridgehead atoms. The molecule has 0 N–H and O–H groups in total. The molecule has 20 heavy (non-hydrogen) atoms. The smallest absolute Gasteiger partial charge is 0.276 e. The first-order chi connectivity index (χ1) is 9.45. The molecule has 1 saturated heterocycles. The normalized spacial score (nSPS) is 21.1. The summed E-state index contributed by atoms with van der Waals surface area (Å²) in [4.78, 5) is 13.9. The number of carbonyl (C=O) groups excluding carboxylic acids is 1. The molecular formula is C12H17N3O4S. The Morgan fingerprint density at radius 1 is 1.30 bits per heavy atom. The Labute approximate surface area is 117 Å². The lowest BCUT2D eigenvalue weighted by Crippen LogP contribution is -2.50. The van der Waals surface area contributed by atoms with E-state index in [1.54, 1.807) is 11.0 Å². The molecule has 1 amide bonds. The summed E-state index contributed by atoms with van der Waals surface area (Å²) in [6.07, 6.45) is 3.37. The van der Waals surface area contributed by atoms with E-state index < -0.39 is 10.0 Å². The molecule has 1 saturated carbocycles. The van der Waals surface area contributed by atoms with Gasteiger partial charge in [0.2, 0.25) is 10.0 Å². The molecule has 0 spiro atoms. The third-order valence-corrected chi connectivity index (χ3v) is 5.03. The van der Waals surface area contributed by atoms with Gasteiger partial charge >= 0.3 is 0 Å². The summed E-state index contributed by atoms with van der Waals surface area (Å²) in [6, 6.07) is 1.71. The Bertz CT molecular complexity index is 612. The Morgan fingerprint density at radius 3 is 2.50 bits per heavy atom. The number of carbonyl (C=O) groups is 1. The average molecular weight is 299 g/mol. The fraction of sp³-hybridized carbons (Fsp3) is 0.667. The molecular weight excluding hydrogens is 282 g/mol. The summed E-state index contributed by atoms with van der Waals surface area (Å²) in [5.41, 5.74) is 0.319. The predicted octanol–water partition coefficient (Wildman–Crippen LogP) is 0.269. The van der Waals surface area contributed by atoms with Crippen molar-refractivity contribution in [2.24, 2.45) is 0 Å². The summed E-state index contributed by atoms with van der Waals surface area (Å²) in [6.45, 7) is 1.44. The maximum absolute atomic E-state index is 12.2. The van der Waals surface area contributed by atoms with Crippen molar-refractivity contribution in [3.63, 3.8) is 0 Å². The van der Waals surface area contributed by atoms with Crippen molar-refractivity contribution in [3.05, 3.63) is 17.5 Å². The molecule has 110 valence electrons. The highest BCUT2D eigenvalue weighted by molar-refractivity contribution is 7.88. The van der Waals surface area contributed by atoms with Gasteiger partial charge < -0.3 is 9.42 Å². The van der Waals surface area contributed by atoms with Gasteiger partial charge in [0.05, 0.1) is 6.26 Å². The van der Waals surface area contributed by atoms with Crippen LogP contribution in [0.1, 0.15) is 35.0 Å². The highest BCUT2D eigenvalue weighted by atomic mass is 32.2. The number of sulfonamides is 1. The van der Waals surface area contributed by atoms with Crippen LogP contribution in [0.25, 0.3) is 0 Å². The molecule has 2 heterocycles. The lowest BCUT2D eigenvalue weighted by molar-refractivity contribution is 0.0687. The van der Waals surface area contributed by atoms with Gasteiger partial charge in [-0.15, -0.1) is 0 Å². The minimum atomic E-state index is -3.18. The molecule has 7 nitrogen and oxygen atoms in total. The number of rotatable bonds is 3. The van der Waals surface area contributed by atoms with Crippen LogP contribution in [-0.2, 0) is 10.0 Å². The fourth-order valence-corrected chi connectivity index (χ4v) is 3.16. The highest BCUT2D eigenvalue weighted by Crippen LogP contribution is 2.40. The van der Waals surface area contributed by atoms with Crippen molar-refractivity contribution in [2.45, 2.75) is 18.8 Å². The molecule has 0 aromatic carbocycles. The topological polar surface area (TPSA) is 83.7 Å². The van der Waals surface area contributed by atoms with E-state index in [1.807, 2.05) is 0 Å². The van der Waals surface area contributed by atoms with E-state index in [1.165, 1.54) is 10.6 Å². The Morgan fingerprint density at radius 2 is 1.95 bits per heavy atom. The van der Waals surface area contributed by atoms with Gasteiger partial charge in [0.25, 0.3) is 5.91 Å². The van der Waals surface area contributed by atoms with E-state index in [2.05, 4.69) is 5.16 Å². The van der Waals surface area contributed by atoms with Gasteiger partial charge in [-0.1, -0.05) is 5.16 Å². The summed E-state index contributed by atoms with van der Waals surface area (Å²) in [7, 11) is -3.18. The van der Waals surface area contributed by atoms with Crippen LogP contribution in [0.2, 0.25) is 0 Å². The Hall–Kier alpha value is -1.41. The van der Waals surface area contributed by atoms with Crippen LogP contribution in [0, 0.1) is 0 Å². The molecule has 1 aromatic heterocycles. The van der Waals surface area contributed by atoms with Gasteiger partial charge in [-0.2, -0.15) is 4.31 Å². The second kappa shape index (κ2) is 4.85. The number of amides is 1. The number of piperazine rings is 1. The molecule has 2 aliphatic rings. The molecule has 3 rings (SSSR count). The molecule has 1 aromatic rings. The van der Waals surface area contributed by atoms with Gasteiger partial charge in [-0.05, 0) is 12.8 Å². The van der Waals surface area contributed by atoms with Crippen LogP contribution in [0.3, 0.4) is 0 Å². The SMILES string of the molecule is CS(=O)(=O)N1CCN(C(=O)c2cc(C3CC3)on2)CC1. The standard InChI is InChI=1S/C12H17N3O4S/c1-20(17,18)15-6-4-14(5-7-15)12(16)10-8-11(19-13-10)9-2-3-9/h8-9H,2-7H2,1H3. The van der Waals surface area contributed by atoms with Gasteiger partial charge in [0.1, 0.15) is 5.76 Å². The summed E-state index contributed by atoms with van der Waals surface area (Å²) >= 11 is 0. The van der Waals surface area contributed by atoms with Gasteiger partial charge in [-0.25, -0.2) is 8.42 Å². The van der Waals surface area contributed by atoms with Crippen LogP contribution in [0.15, 0.2) is 10.6 Å². The Kier molecular flexibility index (Phi) is 3.29. The number of nitrogens with zero attached hydrogens (tertiary/aromatic N) is 3. The van der Waals surface area contributed by atoms with Crippen molar-refractivity contribution in [1.82, 2.24) is 14.4 Å². The Balaban J connectivity index is 1.63. The molecule has 8 heteroatoms. The predicted molar refractivity (Wildman–Crippen MR) is 70.8 cm³/mol. The van der Waals surface area contributed by atoms with Crippen LogP contribution >= 0.6 is 0 Å². The molecule has 0 radical (unpaired) electrons. The fourth-order valence-electron chi connectivity index (χ4n) is 2.34. The zero-order valence-electron chi connectivity index (χ0n) is 11.3. The molecule has 0 atom stereocenters. The monoisotopic (exact) mass is 299 g/mol. The maximum Gasteiger partial charge on any atom is 0.276 e. The molecule has 1 aliphatic carbocycles. The van der Waals surface area contributed by atoms with E-state index in [0.717, 1.165) is 18.6 Å². The highest BCUT2D eigenvalue weighted by Gasteiger charge is 2.31. The second-order valence-electron chi connectivity index (χ2n) is 5.34. The zero-order valence-corrected chi connectivity index (χ0v) is 12.1. The van der Waals surface area contributed by atoms with Gasteiger partial charge in [0, 0.05) is 38.2 Å². The van der Waals surface area contributed by atoms with Gasteiger partial charge in [0.15, 0.2) is 5.69 Å². The molecule has 0 unspecified atom stereocenters. The van der Waals surface area contributed by atoms with Crippen LogP contribution < -0.4 is 0 Å². The van der Waals surface area contributed by atoms with Crippen LogP contribution in [-0.4, -0.2) is 61.1 Å². The van der Waals surface area contributed by atoms with Crippen molar-refractivity contribution in [3.8, 4) is 0 Å². The van der Waals surface area contributed by atoms with E-state index in [-0.39, 0.29) is 5.91 Å². The van der Waals surface area contributed by atoms with E-state index >= 15 is 0 Å². The first kappa shape index (κ1) is 13.6. The third-order valence-electron chi connectivity index (χ3n) is 3.72. The first-order valence-electron chi connectivity index (χ1n) is 6.66. The summed E-state index contributed by atoms with van der Waals surface area (Å²) < 4.78 is 29.4. The van der Waals surface area contributed by atoms with E-state index in [9.17, 15) is 13.2 Å². The summed E-state index contributed by atoms with van der Waals surface area (Å²) in [5, 5.41) is 3.82. The first-order valence-corrected chi connectivity index (χ1v) is 8.51. The lowest BCUT2D eigenvalue weighted by atomic mass is 10.2. The van der Waals surface area contributed by atoms with Gasteiger partial charge in [-0.3, -0.25) is 4.79 Å². The lowest BCUT2D eigenvalue weighted by Gasteiger charge is -2.32. The number of hydrogen-bond acceptors (Lipinski definition) is 5.